The van der Waals surface area contributed by atoms with E-state index in [0.717, 1.165) is 0 Å². The number of hydrogen-bond donors (Lipinski definition) is 2. The first-order valence-electron chi connectivity index (χ1n) is 5.55. The Bertz CT molecular complexity index is 587. The van der Waals surface area contributed by atoms with E-state index in [-0.39, 0.29) is 11.9 Å². The number of hydrogen-bond acceptors (Lipinski definition) is 4. The number of nitrogens with zero attached hydrogens (tertiary/aromatic N) is 2. The van der Waals surface area contributed by atoms with E-state index in [4.69, 9.17) is 14.9 Å². The van der Waals surface area contributed by atoms with Gasteiger partial charge in [-0.15, -0.1) is 0 Å². The highest BCUT2D eigenvalue weighted by Gasteiger charge is 2.05. The van der Waals surface area contributed by atoms with Crippen molar-refractivity contribution in [3.05, 3.63) is 36.0 Å². The summed E-state index contributed by atoms with van der Waals surface area (Å²) in [6.07, 6.45) is 2.07. The molecule has 0 aliphatic rings. The molecule has 0 radical (unpaired) electrons. The standard InChI is InChI=1S/C12H13N3O3/c13-11-6-5-9(10-3-2-8-18-10)14-15(11)7-1-4-12(16)17/h2-3,5-6,8,13H,1,4,7H2,(H,16,17). The van der Waals surface area contributed by atoms with Crippen molar-refractivity contribution < 1.29 is 14.3 Å². The maximum Gasteiger partial charge on any atom is 0.303 e. The molecule has 0 aliphatic heterocycles. The summed E-state index contributed by atoms with van der Waals surface area (Å²) in [5.41, 5.74) is 0.877. The van der Waals surface area contributed by atoms with Gasteiger partial charge in [0.05, 0.1) is 6.26 Å². The van der Waals surface area contributed by atoms with E-state index < -0.39 is 5.97 Å². The summed E-state index contributed by atoms with van der Waals surface area (Å²) in [6, 6.07) is 6.87. The third-order valence-electron chi connectivity index (χ3n) is 2.44. The van der Waals surface area contributed by atoms with Crippen molar-refractivity contribution in [2.45, 2.75) is 19.4 Å². The molecule has 2 heterocycles. The van der Waals surface area contributed by atoms with Gasteiger partial charge < -0.3 is 9.52 Å². The van der Waals surface area contributed by atoms with Crippen LogP contribution < -0.4 is 5.49 Å². The highest BCUT2D eigenvalue weighted by atomic mass is 16.4. The van der Waals surface area contributed by atoms with E-state index in [9.17, 15) is 4.79 Å². The number of furan rings is 1. The molecule has 0 unspecified atom stereocenters. The minimum atomic E-state index is -0.843. The van der Waals surface area contributed by atoms with Crippen molar-refractivity contribution in [3.8, 4) is 11.5 Å². The number of carbonyl (C=O) groups is 1. The highest BCUT2D eigenvalue weighted by molar-refractivity contribution is 5.66. The smallest absolute Gasteiger partial charge is 0.303 e. The van der Waals surface area contributed by atoms with Crippen LogP contribution in [-0.2, 0) is 11.3 Å². The topological polar surface area (TPSA) is 92.1 Å². The molecule has 6 nitrogen and oxygen atoms in total. The first kappa shape index (κ1) is 12.1. The van der Waals surface area contributed by atoms with Crippen LogP contribution in [0.1, 0.15) is 12.8 Å². The monoisotopic (exact) mass is 247 g/mol. The van der Waals surface area contributed by atoms with Gasteiger partial charge in [0.1, 0.15) is 11.2 Å². The van der Waals surface area contributed by atoms with Crippen LogP contribution in [0.4, 0.5) is 0 Å². The van der Waals surface area contributed by atoms with Crippen molar-refractivity contribution in [1.82, 2.24) is 9.78 Å². The predicted molar refractivity (Wildman–Crippen MR) is 62.7 cm³/mol. The van der Waals surface area contributed by atoms with Crippen LogP contribution in [-0.4, -0.2) is 20.9 Å². The zero-order valence-corrected chi connectivity index (χ0v) is 9.67. The molecule has 0 spiro atoms. The molecule has 0 bridgehead atoms. The van der Waals surface area contributed by atoms with E-state index in [0.29, 0.717) is 24.4 Å². The minimum absolute atomic E-state index is 0.0686. The molecule has 0 atom stereocenters. The summed E-state index contributed by atoms with van der Waals surface area (Å²) in [4.78, 5) is 10.4. The molecule has 0 aliphatic carbocycles. The number of aryl methyl sites for hydroxylation is 1. The second kappa shape index (κ2) is 5.31. The van der Waals surface area contributed by atoms with Gasteiger partial charge in [-0.3, -0.25) is 10.2 Å². The molecule has 18 heavy (non-hydrogen) atoms. The van der Waals surface area contributed by atoms with Crippen molar-refractivity contribution >= 4 is 5.97 Å². The molecular formula is C12H13N3O3. The average molecular weight is 247 g/mol. The Balaban J connectivity index is 2.17. The normalized spacial score (nSPS) is 10.4. The van der Waals surface area contributed by atoms with Crippen molar-refractivity contribution in [3.63, 3.8) is 0 Å². The lowest BCUT2D eigenvalue weighted by Crippen LogP contribution is -2.22. The first-order chi connectivity index (χ1) is 8.66. The van der Waals surface area contributed by atoms with Gasteiger partial charge in [0.25, 0.3) is 0 Å². The molecule has 0 aromatic carbocycles. The van der Waals surface area contributed by atoms with Gasteiger partial charge in [-0.2, -0.15) is 5.10 Å². The van der Waals surface area contributed by atoms with E-state index in [1.54, 1.807) is 30.5 Å². The van der Waals surface area contributed by atoms with Gasteiger partial charge in [-0.25, -0.2) is 4.68 Å². The maximum absolute atomic E-state index is 10.4. The summed E-state index contributed by atoms with van der Waals surface area (Å²) >= 11 is 0. The van der Waals surface area contributed by atoms with Crippen LogP contribution in [0.5, 0.6) is 0 Å². The van der Waals surface area contributed by atoms with Gasteiger partial charge in [0.2, 0.25) is 0 Å². The molecule has 2 N–H and O–H groups in total. The second-order valence-corrected chi connectivity index (χ2v) is 3.80. The lowest BCUT2D eigenvalue weighted by Gasteiger charge is -2.06. The second-order valence-electron chi connectivity index (χ2n) is 3.80. The average Bonchev–Trinajstić information content (AvgIpc) is 2.84. The summed E-state index contributed by atoms with van der Waals surface area (Å²) in [5.74, 6) is -0.216. The minimum Gasteiger partial charge on any atom is -0.481 e. The van der Waals surface area contributed by atoms with Gasteiger partial charge in [0.15, 0.2) is 5.76 Å². The largest absolute Gasteiger partial charge is 0.481 e. The molecular weight excluding hydrogens is 234 g/mol. The van der Waals surface area contributed by atoms with Gasteiger partial charge in [0, 0.05) is 13.0 Å². The molecule has 2 aromatic rings. The lowest BCUT2D eigenvalue weighted by atomic mass is 10.3. The highest BCUT2D eigenvalue weighted by Crippen LogP contribution is 2.15. The fourth-order valence-electron chi connectivity index (χ4n) is 1.57. The maximum atomic E-state index is 10.4. The van der Waals surface area contributed by atoms with E-state index in [1.807, 2.05) is 0 Å². The number of rotatable bonds is 5. The molecule has 2 rings (SSSR count). The molecule has 6 heteroatoms. The van der Waals surface area contributed by atoms with Crippen LogP contribution in [0.3, 0.4) is 0 Å². The van der Waals surface area contributed by atoms with Gasteiger partial charge in [-0.05, 0) is 30.7 Å². The van der Waals surface area contributed by atoms with E-state index >= 15 is 0 Å². The van der Waals surface area contributed by atoms with Gasteiger partial charge in [-0.1, -0.05) is 0 Å². The fourth-order valence-corrected chi connectivity index (χ4v) is 1.57. The Hall–Kier alpha value is -2.37. The fraction of sp³-hybridized carbons (Fsp3) is 0.250. The third kappa shape index (κ3) is 2.85. The quantitative estimate of drug-likeness (QED) is 0.837. The predicted octanol–water partition coefficient (Wildman–Crippen LogP) is 1.49. The Morgan fingerprint density at radius 1 is 1.44 bits per heavy atom. The van der Waals surface area contributed by atoms with E-state index in [1.165, 1.54) is 4.68 Å². The van der Waals surface area contributed by atoms with Crippen LogP contribution in [0, 0.1) is 5.41 Å². The number of aromatic nitrogens is 2. The molecule has 0 amide bonds. The Morgan fingerprint density at radius 2 is 2.28 bits per heavy atom. The van der Waals surface area contributed by atoms with Crippen LogP contribution >= 0.6 is 0 Å². The number of carboxylic acids is 1. The summed E-state index contributed by atoms with van der Waals surface area (Å²) in [7, 11) is 0. The molecule has 0 fully saturated rings. The van der Waals surface area contributed by atoms with Crippen LogP contribution in [0.15, 0.2) is 34.9 Å². The Kier molecular flexibility index (Phi) is 3.57. The van der Waals surface area contributed by atoms with Crippen molar-refractivity contribution in [2.24, 2.45) is 0 Å². The molecule has 2 aromatic heterocycles. The summed E-state index contributed by atoms with van der Waals surface area (Å²) in [5, 5.41) is 20.5. The lowest BCUT2D eigenvalue weighted by molar-refractivity contribution is -0.137. The molecule has 0 saturated heterocycles. The number of carboxylic acid groups (broad SMARTS) is 1. The van der Waals surface area contributed by atoms with E-state index in [2.05, 4.69) is 5.10 Å². The SMILES string of the molecule is N=c1ccc(-c2ccco2)nn1CCCC(=O)O. The third-order valence-corrected chi connectivity index (χ3v) is 2.44. The Morgan fingerprint density at radius 3 is 2.94 bits per heavy atom. The summed E-state index contributed by atoms with van der Waals surface area (Å²) in [6.45, 7) is 0.402. The number of nitrogens with one attached hydrogen (secondary N) is 1. The zero-order valence-electron chi connectivity index (χ0n) is 9.67. The van der Waals surface area contributed by atoms with Crippen molar-refractivity contribution in [2.75, 3.05) is 0 Å². The van der Waals surface area contributed by atoms with Crippen LogP contribution in [0.2, 0.25) is 0 Å². The molecule has 94 valence electrons. The van der Waals surface area contributed by atoms with Gasteiger partial charge >= 0.3 is 5.97 Å². The number of aliphatic carboxylic acids is 1. The van der Waals surface area contributed by atoms with Crippen LogP contribution in [0.25, 0.3) is 11.5 Å². The Labute approximate surface area is 103 Å². The van der Waals surface area contributed by atoms with Crippen molar-refractivity contribution in [1.29, 1.82) is 5.41 Å². The summed E-state index contributed by atoms with van der Waals surface area (Å²) < 4.78 is 6.70. The molecule has 0 saturated carbocycles. The first-order valence-corrected chi connectivity index (χ1v) is 5.55. The zero-order chi connectivity index (χ0) is 13.0.